The van der Waals surface area contributed by atoms with E-state index in [-0.39, 0.29) is 29.4 Å². The molecule has 8 heteroatoms. The number of nitrogens with one attached hydrogen (secondary N) is 2. The van der Waals surface area contributed by atoms with E-state index in [1.807, 2.05) is 37.3 Å². The minimum atomic E-state index is -0.360. The molecule has 1 aliphatic rings. The van der Waals surface area contributed by atoms with Crippen molar-refractivity contribution in [2.75, 3.05) is 23.7 Å². The van der Waals surface area contributed by atoms with Gasteiger partial charge in [-0.25, -0.2) is 0 Å². The van der Waals surface area contributed by atoms with Crippen LogP contribution in [0.25, 0.3) is 0 Å². The van der Waals surface area contributed by atoms with Gasteiger partial charge in [0.25, 0.3) is 11.8 Å². The lowest BCUT2D eigenvalue weighted by Crippen LogP contribution is -2.43. The lowest BCUT2D eigenvalue weighted by atomic mass is 9.96. The molecule has 2 aromatic heterocycles. The largest absolute Gasteiger partial charge is 0.459 e. The number of aryl methyl sites for hydroxylation is 1. The number of hydrogen-bond donors (Lipinski definition) is 2. The number of anilines is 2. The van der Waals surface area contributed by atoms with Crippen molar-refractivity contribution in [2.24, 2.45) is 5.92 Å². The molecule has 1 aliphatic heterocycles. The van der Waals surface area contributed by atoms with Gasteiger partial charge in [-0.2, -0.15) is 0 Å². The van der Waals surface area contributed by atoms with E-state index in [9.17, 15) is 14.4 Å². The monoisotopic (exact) mass is 437 g/mol. The molecule has 0 spiro atoms. The number of nitrogens with zero attached hydrogens (tertiary/aromatic N) is 1. The van der Waals surface area contributed by atoms with Gasteiger partial charge in [-0.1, -0.05) is 18.2 Å². The number of thiophene rings is 1. The van der Waals surface area contributed by atoms with Crippen LogP contribution in [0.4, 0.5) is 10.7 Å². The van der Waals surface area contributed by atoms with Crippen LogP contribution in [0.15, 0.2) is 59.2 Å². The first kappa shape index (κ1) is 20.9. The van der Waals surface area contributed by atoms with Gasteiger partial charge < -0.3 is 20.0 Å². The van der Waals surface area contributed by atoms with Gasteiger partial charge in [0.2, 0.25) is 5.91 Å². The quantitative estimate of drug-likeness (QED) is 0.619. The molecule has 1 atom stereocenters. The van der Waals surface area contributed by atoms with Crippen molar-refractivity contribution in [3.63, 3.8) is 0 Å². The number of furan rings is 1. The molecule has 1 fully saturated rings. The van der Waals surface area contributed by atoms with E-state index < -0.39 is 0 Å². The average Bonchev–Trinajstić information content (AvgIpc) is 3.44. The summed E-state index contributed by atoms with van der Waals surface area (Å²) < 4.78 is 5.10. The van der Waals surface area contributed by atoms with Crippen LogP contribution >= 0.6 is 11.3 Å². The maximum Gasteiger partial charge on any atom is 0.291 e. The standard InChI is InChI=1S/C23H23N3O4S/c1-15-13-19(25-22(28)18-10-6-12-30-18)31-20(15)23(29)26-11-5-7-16(14-26)21(27)24-17-8-3-2-4-9-17/h2-4,6,8-10,12-13,16H,5,7,11,14H2,1H3,(H,24,27)(H,25,28). The van der Waals surface area contributed by atoms with E-state index in [0.29, 0.717) is 23.0 Å². The fourth-order valence-electron chi connectivity index (χ4n) is 3.62. The van der Waals surface area contributed by atoms with E-state index in [0.717, 1.165) is 24.1 Å². The summed E-state index contributed by atoms with van der Waals surface area (Å²) in [5.74, 6) is -0.587. The summed E-state index contributed by atoms with van der Waals surface area (Å²) in [5.41, 5.74) is 1.54. The number of carbonyl (C=O) groups excluding carboxylic acids is 3. The van der Waals surface area contributed by atoms with Gasteiger partial charge in [-0.3, -0.25) is 14.4 Å². The van der Waals surface area contributed by atoms with E-state index in [2.05, 4.69) is 10.6 Å². The highest BCUT2D eigenvalue weighted by atomic mass is 32.1. The molecule has 1 saturated heterocycles. The number of benzene rings is 1. The molecule has 3 aromatic rings. The number of para-hydroxylation sites is 1. The minimum Gasteiger partial charge on any atom is -0.459 e. The molecule has 0 saturated carbocycles. The van der Waals surface area contributed by atoms with Gasteiger partial charge in [0.1, 0.15) is 0 Å². The van der Waals surface area contributed by atoms with E-state index in [1.54, 1.807) is 23.1 Å². The molecule has 1 unspecified atom stereocenters. The van der Waals surface area contributed by atoms with Crippen molar-refractivity contribution in [2.45, 2.75) is 19.8 Å². The molecule has 4 rings (SSSR count). The van der Waals surface area contributed by atoms with Crippen LogP contribution in [-0.2, 0) is 4.79 Å². The van der Waals surface area contributed by atoms with E-state index >= 15 is 0 Å². The summed E-state index contributed by atoms with van der Waals surface area (Å²) in [7, 11) is 0. The smallest absolute Gasteiger partial charge is 0.291 e. The van der Waals surface area contributed by atoms with Crippen molar-refractivity contribution < 1.29 is 18.8 Å². The van der Waals surface area contributed by atoms with E-state index in [1.165, 1.54) is 17.6 Å². The summed E-state index contributed by atoms with van der Waals surface area (Å²) in [6.45, 7) is 2.83. The molecule has 3 amide bonds. The summed E-state index contributed by atoms with van der Waals surface area (Å²) in [6.07, 6.45) is 2.95. The van der Waals surface area contributed by atoms with E-state index in [4.69, 9.17) is 4.42 Å². The van der Waals surface area contributed by atoms with Crippen molar-refractivity contribution in [1.82, 2.24) is 4.90 Å². The molecule has 1 aromatic carbocycles. The second-order valence-electron chi connectivity index (χ2n) is 7.50. The van der Waals surface area contributed by atoms with Gasteiger partial charge in [0, 0.05) is 18.8 Å². The predicted molar refractivity (Wildman–Crippen MR) is 119 cm³/mol. The molecular formula is C23H23N3O4S. The predicted octanol–water partition coefficient (Wildman–Crippen LogP) is 4.39. The number of hydrogen-bond acceptors (Lipinski definition) is 5. The number of likely N-dealkylation sites (tertiary alicyclic amines) is 1. The fourth-order valence-corrected chi connectivity index (χ4v) is 4.66. The summed E-state index contributed by atoms with van der Waals surface area (Å²) in [6, 6.07) is 14.3. The first-order valence-electron chi connectivity index (χ1n) is 10.1. The summed E-state index contributed by atoms with van der Waals surface area (Å²) >= 11 is 1.23. The van der Waals surface area contributed by atoms with Crippen LogP contribution in [0.2, 0.25) is 0 Å². The van der Waals surface area contributed by atoms with Crippen LogP contribution in [-0.4, -0.2) is 35.7 Å². The SMILES string of the molecule is Cc1cc(NC(=O)c2ccco2)sc1C(=O)N1CCCC(C(=O)Nc2ccccc2)C1. The van der Waals surface area contributed by atoms with Gasteiger partial charge in [-0.15, -0.1) is 11.3 Å². The minimum absolute atomic E-state index is 0.0713. The Kier molecular flexibility index (Phi) is 6.18. The van der Waals surface area contributed by atoms with Gasteiger partial charge >= 0.3 is 0 Å². The Morgan fingerprint density at radius 2 is 1.90 bits per heavy atom. The molecule has 0 radical (unpaired) electrons. The molecule has 31 heavy (non-hydrogen) atoms. The second-order valence-corrected chi connectivity index (χ2v) is 8.55. The zero-order valence-corrected chi connectivity index (χ0v) is 17.9. The van der Waals surface area contributed by atoms with Gasteiger partial charge in [0.15, 0.2) is 5.76 Å². The maximum atomic E-state index is 13.1. The van der Waals surface area contributed by atoms with Crippen LogP contribution in [0.5, 0.6) is 0 Å². The third-order valence-electron chi connectivity index (χ3n) is 5.21. The van der Waals surface area contributed by atoms with Crippen molar-refractivity contribution >= 4 is 39.7 Å². The number of rotatable bonds is 5. The Morgan fingerprint density at radius 3 is 2.65 bits per heavy atom. The normalized spacial score (nSPS) is 16.0. The van der Waals surface area contributed by atoms with Crippen molar-refractivity contribution in [1.29, 1.82) is 0 Å². The molecule has 7 nitrogen and oxygen atoms in total. The number of amides is 3. The Bertz CT molecular complexity index is 1080. The Morgan fingerprint density at radius 1 is 1.10 bits per heavy atom. The molecule has 3 heterocycles. The second kappa shape index (κ2) is 9.18. The lowest BCUT2D eigenvalue weighted by molar-refractivity contribution is -0.121. The highest BCUT2D eigenvalue weighted by Crippen LogP contribution is 2.30. The molecular weight excluding hydrogens is 414 g/mol. The third-order valence-corrected chi connectivity index (χ3v) is 6.35. The van der Waals surface area contributed by atoms with Crippen molar-refractivity contribution in [3.8, 4) is 0 Å². The number of carbonyl (C=O) groups is 3. The molecule has 0 aliphatic carbocycles. The highest BCUT2D eigenvalue weighted by Gasteiger charge is 2.30. The van der Waals surface area contributed by atoms with Crippen LogP contribution in [0.3, 0.4) is 0 Å². The summed E-state index contributed by atoms with van der Waals surface area (Å²) in [5, 5.41) is 6.28. The highest BCUT2D eigenvalue weighted by molar-refractivity contribution is 7.18. The third kappa shape index (κ3) is 4.86. The van der Waals surface area contributed by atoms with Gasteiger partial charge in [-0.05, 0) is 55.7 Å². The van der Waals surface area contributed by atoms with Gasteiger partial charge in [0.05, 0.1) is 22.1 Å². The van der Waals surface area contributed by atoms with Crippen LogP contribution in [0, 0.1) is 12.8 Å². The zero-order chi connectivity index (χ0) is 21.8. The summed E-state index contributed by atoms with van der Waals surface area (Å²) in [4.78, 5) is 40.3. The van der Waals surface area contributed by atoms with Crippen LogP contribution in [0.1, 0.15) is 38.6 Å². The van der Waals surface area contributed by atoms with Crippen molar-refractivity contribution in [3.05, 3.63) is 71.0 Å². The molecule has 0 bridgehead atoms. The van der Waals surface area contributed by atoms with Crippen LogP contribution < -0.4 is 10.6 Å². The first-order chi connectivity index (χ1) is 15.0. The zero-order valence-electron chi connectivity index (χ0n) is 17.1. The number of piperidine rings is 1. The average molecular weight is 438 g/mol. The Labute approximate surface area is 184 Å². The Balaban J connectivity index is 1.41. The maximum absolute atomic E-state index is 13.1. The lowest BCUT2D eigenvalue weighted by Gasteiger charge is -2.32. The molecule has 2 N–H and O–H groups in total. The first-order valence-corrected chi connectivity index (χ1v) is 10.9. The Hall–Kier alpha value is -3.39. The topological polar surface area (TPSA) is 91.7 Å². The molecule has 160 valence electrons. The fraction of sp³-hybridized carbons (Fsp3) is 0.261.